The normalized spacial score (nSPS) is 16.3. The Bertz CT molecular complexity index is 346. The fraction of sp³-hybridized carbons (Fsp3) is 0.375. The zero-order valence-electron chi connectivity index (χ0n) is 6.02. The van der Waals surface area contributed by atoms with Crippen LogP contribution in [0.1, 0.15) is 13.3 Å². The largest absolute Gasteiger partial charge is 0.360 e. The van der Waals surface area contributed by atoms with Gasteiger partial charge in [-0.25, -0.2) is 0 Å². The maximum absolute atomic E-state index is 4.35. The predicted molar refractivity (Wildman–Crippen MR) is 40.1 cm³/mol. The Balaban J connectivity index is 2.91. The fourth-order valence-corrected chi connectivity index (χ4v) is 1.30. The minimum Gasteiger partial charge on any atom is -0.360 e. The van der Waals surface area contributed by atoms with Gasteiger partial charge < -0.3 is 4.98 Å². The highest BCUT2D eigenvalue weighted by atomic mass is 14.8. The van der Waals surface area contributed by atoms with Crippen LogP contribution in [0.5, 0.6) is 0 Å². The van der Waals surface area contributed by atoms with Gasteiger partial charge >= 0.3 is 0 Å². The molecule has 0 aliphatic carbocycles. The van der Waals surface area contributed by atoms with Gasteiger partial charge in [-0.3, -0.25) is 4.99 Å². The number of H-pyrrole nitrogens is 1. The Labute approximate surface area is 59.3 Å². The van der Waals surface area contributed by atoms with Gasteiger partial charge in [-0.1, -0.05) is 0 Å². The molecule has 0 fully saturated rings. The van der Waals surface area contributed by atoms with Gasteiger partial charge in [0.15, 0.2) is 0 Å². The van der Waals surface area contributed by atoms with Crippen molar-refractivity contribution >= 4 is 5.57 Å². The molecule has 0 bridgehead atoms. The number of rotatable bonds is 0. The second-order valence-corrected chi connectivity index (χ2v) is 2.65. The summed E-state index contributed by atoms with van der Waals surface area (Å²) in [6, 6.07) is 2.03. The first-order chi connectivity index (χ1) is 4.88. The smallest absolute Gasteiger partial charge is 0.0822 e. The lowest BCUT2D eigenvalue weighted by Crippen LogP contribution is -2.28. The van der Waals surface area contributed by atoms with Crippen molar-refractivity contribution in [1.82, 2.24) is 4.98 Å². The fourth-order valence-electron chi connectivity index (χ4n) is 1.30. The van der Waals surface area contributed by atoms with E-state index in [0.29, 0.717) is 0 Å². The highest BCUT2D eigenvalue weighted by molar-refractivity contribution is 5.40. The number of aromatic nitrogens is 1. The van der Waals surface area contributed by atoms with E-state index in [1.807, 2.05) is 12.3 Å². The van der Waals surface area contributed by atoms with E-state index < -0.39 is 0 Å². The first-order valence-electron chi connectivity index (χ1n) is 3.55. The Hall–Kier alpha value is -1.05. The molecule has 0 saturated heterocycles. The van der Waals surface area contributed by atoms with E-state index in [2.05, 4.69) is 16.9 Å². The monoisotopic (exact) mass is 134 g/mol. The minimum absolute atomic E-state index is 0.955. The van der Waals surface area contributed by atoms with Crippen molar-refractivity contribution in [3.8, 4) is 0 Å². The van der Waals surface area contributed by atoms with Crippen LogP contribution < -0.4 is 10.7 Å². The molecular formula is C8H10N2. The van der Waals surface area contributed by atoms with Gasteiger partial charge in [-0.2, -0.15) is 0 Å². The summed E-state index contributed by atoms with van der Waals surface area (Å²) in [7, 11) is 0. The van der Waals surface area contributed by atoms with Crippen LogP contribution in [0, 0.1) is 0 Å². The first kappa shape index (κ1) is 5.71. The van der Waals surface area contributed by atoms with E-state index >= 15 is 0 Å². The quantitative estimate of drug-likeness (QED) is 0.525. The average molecular weight is 134 g/mol. The number of hydrogen-bond acceptors (Lipinski definition) is 1. The lowest BCUT2D eigenvalue weighted by Gasteiger charge is -2.00. The highest BCUT2D eigenvalue weighted by Gasteiger charge is 1.99. The molecule has 2 rings (SSSR count). The lowest BCUT2D eigenvalue weighted by atomic mass is 10.2. The molecule has 0 atom stereocenters. The first-order valence-corrected chi connectivity index (χ1v) is 3.55. The van der Waals surface area contributed by atoms with Crippen molar-refractivity contribution in [2.45, 2.75) is 13.3 Å². The molecule has 0 radical (unpaired) electrons. The van der Waals surface area contributed by atoms with Crippen LogP contribution in [0.2, 0.25) is 0 Å². The van der Waals surface area contributed by atoms with E-state index in [1.165, 1.54) is 10.9 Å². The van der Waals surface area contributed by atoms with Gasteiger partial charge in [0.05, 0.1) is 10.7 Å². The van der Waals surface area contributed by atoms with Crippen LogP contribution >= 0.6 is 0 Å². The van der Waals surface area contributed by atoms with Gasteiger partial charge in [0.1, 0.15) is 0 Å². The van der Waals surface area contributed by atoms with Crippen molar-refractivity contribution in [2.75, 3.05) is 6.54 Å². The molecular weight excluding hydrogens is 124 g/mol. The van der Waals surface area contributed by atoms with Crippen LogP contribution in [0.25, 0.3) is 5.57 Å². The number of nitrogens with one attached hydrogen (secondary N) is 1. The maximum Gasteiger partial charge on any atom is 0.0822 e. The Morgan fingerprint density at radius 3 is 3.30 bits per heavy atom. The van der Waals surface area contributed by atoms with E-state index in [9.17, 15) is 0 Å². The number of fused-ring (bicyclic) bond motifs is 1. The van der Waals surface area contributed by atoms with Crippen LogP contribution in [0.15, 0.2) is 17.3 Å². The second kappa shape index (κ2) is 1.97. The zero-order valence-corrected chi connectivity index (χ0v) is 6.02. The summed E-state index contributed by atoms with van der Waals surface area (Å²) >= 11 is 0. The molecule has 0 unspecified atom stereocenters. The van der Waals surface area contributed by atoms with E-state index in [4.69, 9.17) is 0 Å². The summed E-state index contributed by atoms with van der Waals surface area (Å²) < 4.78 is 0. The Morgan fingerprint density at radius 2 is 2.50 bits per heavy atom. The van der Waals surface area contributed by atoms with Crippen LogP contribution in [0.3, 0.4) is 0 Å². The number of hydrogen-bond donors (Lipinski definition) is 1. The summed E-state index contributed by atoms with van der Waals surface area (Å²) in [6.45, 7) is 3.11. The maximum atomic E-state index is 4.35. The van der Waals surface area contributed by atoms with Gasteiger partial charge in [0.25, 0.3) is 0 Å². The minimum atomic E-state index is 0.955. The van der Waals surface area contributed by atoms with Crippen molar-refractivity contribution in [2.24, 2.45) is 4.99 Å². The molecule has 1 N–H and O–H groups in total. The molecule has 52 valence electrons. The molecule has 10 heavy (non-hydrogen) atoms. The van der Waals surface area contributed by atoms with Crippen molar-refractivity contribution < 1.29 is 0 Å². The van der Waals surface area contributed by atoms with Crippen LogP contribution in [-0.2, 0) is 0 Å². The van der Waals surface area contributed by atoms with Gasteiger partial charge in [0.2, 0.25) is 0 Å². The predicted octanol–water partition coefficient (Wildman–Crippen LogP) is 0.209. The van der Waals surface area contributed by atoms with Crippen molar-refractivity contribution in [3.63, 3.8) is 0 Å². The number of nitrogens with zero attached hydrogens (tertiary/aromatic N) is 1. The lowest BCUT2D eigenvalue weighted by molar-refractivity contribution is 0.926. The summed E-state index contributed by atoms with van der Waals surface area (Å²) in [5.74, 6) is 0. The third-order valence-corrected chi connectivity index (χ3v) is 1.92. The van der Waals surface area contributed by atoms with Crippen molar-refractivity contribution in [3.05, 3.63) is 23.0 Å². The van der Waals surface area contributed by atoms with Gasteiger partial charge in [-0.05, 0) is 25.0 Å². The average Bonchev–Trinajstić information content (AvgIpc) is 2.36. The SMILES string of the molecule is CC1=c2[nH]ccc2=NCC1. The second-order valence-electron chi connectivity index (χ2n) is 2.65. The van der Waals surface area contributed by atoms with Crippen LogP contribution in [-0.4, -0.2) is 11.5 Å². The molecule has 2 nitrogen and oxygen atoms in total. The molecule has 0 aromatic carbocycles. The Kier molecular flexibility index (Phi) is 1.13. The molecule has 0 saturated carbocycles. The van der Waals surface area contributed by atoms with E-state index in [1.54, 1.807) is 0 Å². The molecule has 2 heterocycles. The highest BCUT2D eigenvalue weighted by Crippen LogP contribution is 1.98. The van der Waals surface area contributed by atoms with Crippen molar-refractivity contribution in [1.29, 1.82) is 0 Å². The summed E-state index contributed by atoms with van der Waals surface area (Å²) in [5, 5.41) is 2.36. The van der Waals surface area contributed by atoms with Gasteiger partial charge in [0, 0.05) is 12.7 Å². The Morgan fingerprint density at radius 1 is 1.60 bits per heavy atom. The van der Waals surface area contributed by atoms with E-state index in [-0.39, 0.29) is 0 Å². The molecule has 0 spiro atoms. The summed E-state index contributed by atoms with van der Waals surface area (Å²) in [6.07, 6.45) is 3.05. The third kappa shape index (κ3) is 0.685. The topological polar surface area (TPSA) is 28.1 Å². The van der Waals surface area contributed by atoms with E-state index in [0.717, 1.165) is 18.3 Å². The van der Waals surface area contributed by atoms with Gasteiger partial charge in [-0.15, -0.1) is 0 Å². The molecule has 1 aromatic heterocycles. The molecule has 1 aromatic rings. The number of aromatic amines is 1. The molecule has 1 aliphatic heterocycles. The summed E-state index contributed by atoms with van der Waals surface area (Å²) in [4.78, 5) is 7.53. The molecule has 0 amide bonds. The summed E-state index contributed by atoms with van der Waals surface area (Å²) in [5.41, 5.74) is 1.43. The zero-order chi connectivity index (χ0) is 6.97. The third-order valence-electron chi connectivity index (χ3n) is 1.92. The molecule has 1 aliphatic rings. The molecule has 2 heteroatoms. The standard InChI is InChI=1S/C8H10N2/c1-6-2-4-9-7-3-5-10-8(6)7/h3,5,10H,2,4H2,1H3. The van der Waals surface area contributed by atoms with Crippen LogP contribution in [0.4, 0.5) is 0 Å².